The summed E-state index contributed by atoms with van der Waals surface area (Å²) in [5, 5.41) is 14.0. The van der Waals surface area contributed by atoms with Crippen molar-refractivity contribution in [1.82, 2.24) is 10.2 Å². The van der Waals surface area contributed by atoms with Gasteiger partial charge in [-0.1, -0.05) is 42.8 Å². The fraction of sp³-hybridized carbons (Fsp3) is 0.417. The van der Waals surface area contributed by atoms with Gasteiger partial charge in [0.15, 0.2) is 0 Å². The lowest BCUT2D eigenvalue weighted by atomic mass is 10.1. The summed E-state index contributed by atoms with van der Waals surface area (Å²) in [6.45, 7) is 6.78. The zero-order valence-electron chi connectivity index (χ0n) is 20.6. The summed E-state index contributed by atoms with van der Waals surface area (Å²) in [6, 6.07) is 11.6. The second kappa shape index (κ2) is 11.8. The van der Waals surface area contributed by atoms with E-state index in [-0.39, 0.29) is 29.9 Å². The molecule has 35 heavy (non-hydrogen) atoms. The van der Waals surface area contributed by atoms with Crippen LogP contribution < -0.4 is 9.62 Å². The van der Waals surface area contributed by atoms with E-state index in [1.54, 1.807) is 6.92 Å². The minimum absolute atomic E-state index is 0.00904. The third-order valence-electron chi connectivity index (χ3n) is 5.26. The number of anilines is 1. The highest BCUT2D eigenvalue weighted by atomic mass is 32.2. The summed E-state index contributed by atoms with van der Waals surface area (Å²) < 4.78 is 26.0. The highest BCUT2D eigenvalue weighted by Gasteiger charge is 2.32. The minimum atomic E-state index is -3.98. The summed E-state index contributed by atoms with van der Waals surface area (Å²) >= 11 is 0. The predicted molar refractivity (Wildman–Crippen MR) is 134 cm³/mol. The number of non-ortho nitro benzene ring substituents is 1. The van der Waals surface area contributed by atoms with Gasteiger partial charge in [-0.25, -0.2) is 8.42 Å². The molecule has 2 aromatic carbocycles. The van der Waals surface area contributed by atoms with E-state index in [1.807, 2.05) is 45.0 Å². The smallest absolute Gasteiger partial charge is 0.271 e. The van der Waals surface area contributed by atoms with E-state index in [4.69, 9.17) is 0 Å². The number of nitrogens with zero attached hydrogens (tertiary/aromatic N) is 3. The molecule has 0 saturated heterocycles. The van der Waals surface area contributed by atoms with Gasteiger partial charge in [0.2, 0.25) is 21.8 Å². The molecule has 0 aliphatic rings. The summed E-state index contributed by atoms with van der Waals surface area (Å²) in [7, 11) is -3.98. The Hall–Kier alpha value is -3.47. The van der Waals surface area contributed by atoms with Crippen molar-refractivity contribution in [1.29, 1.82) is 0 Å². The molecule has 1 atom stereocenters. The maximum absolute atomic E-state index is 13.6. The quantitative estimate of drug-likeness (QED) is 0.370. The number of amides is 2. The summed E-state index contributed by atoms with van der Waals surface area (Å²) in [5.74, 6) is -0.945. The Labute approximate surface area is 206 Å². The number of rotatable bonds is 11. The van der Waals surface area contributed by atoms with Gasteiger partial charge in [-0.2, -0.15) is 0 Å². The monoisotopic (exact) mass is 504 g/mol. The Morgan fingerprint density at radius 2 is 1.77 bits per heavy atom. The van der Waals surface area contributed by atoms with Crippen molar-refractivity contribution in [3.8, 4) is 0 Å². The van der Waals surface area contributed by atoms with E-state index < -0.39 is 33.4 Å². The van der Waals surface area contributed by atoms with Crippen molar-refractivity contribution in [2.24, 2.45) is 0 Å². The number of sulfonamides is 1. The van der Waals surface area contributed by atoms with Crippen molar-refractivity contribution < 1.29 is 22.9 Å². The molecule has 0 spiro atoms. The lowest BCUT2D eigenvalue weighted by molar-refractivity contribution is -0.384. The molecule has 190 valence electrons. The number of nitro benzene ring substituents is 1. The van der Waals surface area contributed by atoms with Crippen LogP contribution in [-0.2, 0) is 26.2 Å². The van der Waals surface area contributed by atoms with E-state index in [0.717, 1.165) is 27.8 Å². The number of hydrogen-bond donors (Lipinski definition) is 1. The molecule has 2 rings (SSSR count). The first-order valence-electron chi connectivity index (χ1n) is 11.2. The van der Waals surface area contributed by atoms with E-state index in [1.165, 1.54) is 23.1 Å². The molecule has 0 aromatic heterocycles. The highest BCUT2D eigenvalue weighted by molar-refractivity contribution is 7.92. The predicted octanol–water partition coefficient (Wildman–Crippen LogP) is 3.00. The maximum atomic E-state index is 13.6. The largest absolute Gasteiger partial charge is 0.352 e. The van der Waals surface area contributed by atoms with Gasteiger partial charge < -0.3 is 10.2 Å². The average molecular weight is 505 g/mol. The number of nitrogens with one attached hydrogen (secondary N) is 1. The number of hydrogen-bond acceptors (Lipinski definition) is 6. The van der Waals surface area contributed by atoms with Crippen LogP contribution in [0.5, 0.6) is 0 Å². The molecule has 0 aliphatic heterocycles. The van der Waals surface area contributed by atoms with Crippen LogP contribution in [-0.4, -0.2) is 54.9 Å². The zero-order chi connectivity index (χ0) is 26.3. The Bertz CT molecular complexity index is 1180. The third kappa shape index (κ3) is 7.78. The van der Waals surface area contributed by atoms with Crippen LogP contribution in [0.3, 0.4) is 0 Å². The number of nitro groups is 1. The number of carbonyl (C=O) groups excluding carboxylic acids is 2. The minimum Gasteiger partial charge on any atom is -0.352 e. The molecule has 1 N–H and O–H groups in total. The van der Waals surface area contributed by atoms with Gasteiger partial charge in [0, 0.05) is 24.7 Å². The Morgan fingerprint density at radius 3 is 2.31 bits per heavy atom. The zero-order valence-corrected chi connectivity index (χ0v) is 21.4. The fourth-order valence-corrected chi connectivity index (χ4v) is 4.52. The summed E-state index contributed by atoms with van der Waals surface area (Å²) in [5.41, 5.74) is 1.45. The van der Waals surface area contributed by atoms with E-state index in [9.17, 15) is 28.1 Å². The molecule has 2 amide bonds. The lowest BCUT2D eigenvalue weighted by Gasteiger charge is -2.33. The highest BCUT2D eigenvalue weighted by Crippen LogP contribution is 2.24. The lowest BCUT2D eigenvalue weighted by Crippen LogP contribution is -2.53. The van der Waals surface area contributed by atoms with Crippen LogP contribution in [0.25, 0.3) is 0 Å². The second-order valence-electron chi connectivity index (χ2n) is 8.64. The maximum Gasteiger partial charge on any atom is 0.271 e. The van der Waals surface area contributed by atoms with Crippen molar-refractivity contribution >= 4 is 33.2 Å². The summed E-state index contributed by atoms with van der Waals surface area (Å²) in [4.78, 5) is 38.4. The molecule has 0 radical (unpaired) electrons. The standard InChI is InChI=1S/C24H32N4O6S/c1-6-22(24(30)25-17(2)3)26(15-19-10-7-9-18(4)13-19)23(29)16-27(35(5,33)34)20-11-8-12-21(14-20)28(31)32/h7-14,17,22H,6,15-16H2,1-5H3,(H,25,30)/t22-/m1/s1. The van der Waals surface area contributed by atoms with Gasteiger partial charge in [0.1, 0.15) is 12.6 Å². The van der Waals surface area contributed by atoms with Crippen molar-refractivity contribution in [3.05, 3.63) is 69.8 Å². The van der Waals surface area contributed by atoms with E-state index in [0.29, 0.717) is 6.42 Å². The van der Waals surface area contributed by atoms with Gasteiger partial charge in [0.25, 0.3) is 5.69 Å². The topological polar surface area (TPSA) is 130 Å². The SMILES string of the molecule is CC[C@H](C(=O)NC(C)C)N(Cc1cccc(C)c1)C(=O)CN(c1cccc([N+](=O)[O-])c1)S(C)(=O)=O. The van der Waals surface area contributed by atoms with Gasteiger partial charge >= 0.3 is 0 Å². The van der Waals surface area contributed by atoms with E-state index >= 15 is 0 Å². The van der Waals surface area contributed by atoms with Crippen LogP contribution in [0.1, 0.15) is 38.3 Å². The molecule has 0 fully saturated rings. The molecule has 0 bridgehead atoms. The normalized spacial score (nSPS) is 12.2. The van der Waals surface area contributed by atoms with Crippen LogP contribution in [0.4, 0.5) is 11.4 Å². The Balaban J connectivity index is 2.48. The van der Waals surface area contributed by atoms with Crippen LogP contribution >= 0.6 is 0 Å². The van der Waals surface area contributed by atoms with Crippen molar-refractivity contribution in [2.45, 2.75) is 52.7 Å². The van der Waals surface area contributed by atoms with Gasteiger partial charge in [0.05, 0.1) is 16.9 Å². The summed E-state index contributed by atoms with van der Waals surface area (Å²) in [6.07, 6.45) is 1.23. The number of benzene rings is 2. The van der Waals surface area contributed by atoms with Gasteiger partial charge in [-0.15, -0.1) is 0 Å². The molecule has 11 heteroatoms. The van der Waals surface area contributed by atoms with Crippen molar-refractivity contribution in [2.75, 3.05) is 17.1 Å². The molecule has 0 unspecified atom stereocenters. The molecule has 10 nitrogen and oxygen atoms in total. The molecule has 0 heterocycles. The Kier molecular flexibility index (Phi) is 9.35. The molecule has 0 aliphatic carbocycles. The first-order chi connectivity index (χ1) is 16.3. The van der Waals surface area contributed by atoms with E-state index in [2.05, 4.69) is 5.32 Å². The molecular weight excluding hydrogens is 472 g/mol. The Morgan fingerprint density at radius 1 is 1.11 bits per heavy atom. The first-order valence-corrected chi connectivity index (χ1v) is 13.1. The third-order valence-corrected chi connectivity index (χ3v) is 6.40. The first kappa shape index (κ1) is 27.8. The molecule has 2 aromatic rings. The number of aryl methyl sites for hydroxylation is 1. The molecular formula is C24H32N4O6S. The van der Waals surface area contributed by atoms with Gasteiger partial charge in [-0.3, -0.25) is 24.0 Å². The van der Waals surface area contributed by atoms with Crippen LogP contribution in [0.15, 0.2) is 48.5 Å². The average Bonchev–Trinajstić information content (AvgIpc) is 2.76. The second-order valence-corrected chi connectivity index (χ2v) is 10.6. The molecule has 0 saturated carbocycles. The van der Waals surface area contributed by atoms with Gasteiger partial charge in [-0.05, 0) is 38.8 Å². The van der Waals surface area contributed by atoms with Crippen LogP contribution in [0, 0.1) is 17.0 Å². The fourth-order valence-electron chi connectivity index (χ4n) is 3.68. The van der Waals surface area contributed by atoms with Crippen LogP contribution in [0.2, 0.25) is 0 Å². The number of carbonyl (C=O) groups is 2. The van der Waals surface area contributed by atoms with Crippen molar-refractivity contribution in [3.63, 3.8) is 0 Å².